The fourth-order valence-corrected chi connectivity index (χ4v) is 12.0. The van der Waals surface area contributed by atoms with E-state index in [0.717, 1.165) is 111 Å². The molecule has 0 spiro atoms. The smallest absolute Gasteiger partial charge is 0.253 e. The van der Waals surface area contributed by atoms with Crippen LogP contribution in [0.4, 0.5) is 0 Å². The van der Waals surface area contributed by atoms with Crippen LogP contribution in [0.15, 0.2) is 17.3 Å². The van der Waals surface area contributed by atoms with E-state index in [1.54, 1.807) is 0 Å². The summed E-state index contributed by atoms with van der Waals surface area (Å²) in [5.41, 5.74) is 0. The summed E-state index contributed by atoms with van der Waals surface area (Å²) in [6.07, 6.45) is 10.8. The SMILES string of the molecule is CCCCC(CC)C(=C=O)OCSP(=O)(SCOC(=C=O)C(CC)CCCC)SCOC(=C=O)C(CC)CCCC. The highest BCUT2D eigenvalue weighted by Crippen LogP contribution is 2.78. The fraction of sp³-hybridized carbons (Fsp3) is 0.800. The van der Waals surface area contributed by atoms with Crippen LogP contribution in [0.1, 0.15) is 119 Å². The lowest BCUT2D eigenvalue weighted by molar-refractivity contribution is 0.220. The van der Waals surface area contributed by atoms with Crippen molar-refractivity contribution in [1.82, 2.24) is 0 Å². The number of rotatable bonds is 27. The first-order chi connectivity index (χ1) is 19.8. The van der Waals surface area contributed by atoms with Crippen molar-refractivity contribution < 1.29 is 33.2 Å². The average molecular weight is 651 g/mol. The van der Waals surface area contributed by atoms with E-state index < -0.39 is 4.75 Å². The van der Waals surface area contributed by atoms with E-state index in [1.807, 2.05) is 38.6 Å². The molecule has 0 aliphatic carbocycles. The lowest BCUT2D eigenvalue weighted by Gasteiger charge is -2.21. The Bertz CT molecular complexity index is 796. The Morgan fingerprint density at radius 1 is 0.561 bits per heavy atom. The third-order valence-corrected chi connectivity index (χ3v) is 18.0. The molecule has 0 bridgehead atoms. The summed E-state index contributed by atoms with van der Waals surface area (Å²) in [5.74, 6) is 6.49. The molecule has 0 amide bonds. The van der Waals surface area contributed by atoms with Gasteiger partial charge in [-0.3, -0.25) is 4.57 Å². The molecule has 0 rings (SSSR count). The highest BCUT2D eigenvalue weighted by molar-refractivity contribution is 9.14. The van der Waals surface area contributed by atoms with E-state index in [9.17, 15) is 18.9 Å². The summed E-state index contributed by atoms with van der Waals surface area (Å²) in [7, 11) is 0. The van der Waals surface area contributed by atoms with E-state index in [0.29, 0.717) is 0 Å². The molecule has 0 heterocycles. The van der Waals surface area contributed by atoms with Crippen LogP contribution in [0.25, 0.3) is 0 Å². The van der Waals surface area contributed by atoms with Crippen molar-refractivity contribution in [3.8, 4) is 0 Å². The van der Waals surface area contributed by atoms with Crippen molar-refractivity contribution in [2.24, 2.45) is 17.8 Å². The molecule has 3 unspecified atom stereocenters. The number of hydrogen-bond donors (Lipinski definition) is 0. The number of allylic oxidation sites excluding steroid dienone is 3. The molecule has 0 saturated heterocycles. The number of carbonyl (C=O) groups excluding carboxylic acids is 3. The minimum atomic E-state index is -3.15. The lowest BCUT2D eigenvalue weighted by atomic mass is 9.98. The van der Waals surface area contributed by atoms with Crippen molar-refractivity contribution in [1.29, 1.82) is 0 Å². The fourth-order valence-electron chi connectivity index (χ4n) is 4.18. The van der Waals surface area contributed by atoms with E-state index in [-0.39, 0.29) is 52.8 Å². The first kappa shape index (κ1) is 40.0. The van der Waals surface area contributed by atoms with Crippen molar-refractivity contribution in [3.63, 3.8) is 0 Å². The summed E-state index contributed by atoms with van der Waals surface area (Å²) < 4.78 is 28.2. The van der Waals surface area contributed by atoms with Gasteiger partial charge >= 0.3 is 0 Å². The first-order valence-corrected chi connectivity index (χ1v) is 21.5. The van der Waals surface area contributed by atoms with Gasteiger partial charge in [0, 0.05) is 17.8 Å². The number of unbranched alkanes of at least 4 members (excludes halogenated alkanes) is 3. The molecule has 0 radical (unpaired) electrons. The molecule has 0 aliphatic heterocycles. The first-order valence-electron chi connectivity index (χ1n) is 15.0. The molecule has 3 atom stereocenters. The van der Waals surface area contributed by atoms with E-state index in [2.05, 4.69) is 20.8 Å². The number of ether oxygens (including phenoxy) is 3. The Morgan fingerprint density at radius 2 is 0.829 bits per heavy atom. The maximum atomic E-state index is 14.0. The standard InChI is InChI=1S/C30H51O7PS3/c1-7-13-16-25(10-4)28(19-31)35-22-39-38(34,40-23-36-29(20-32)26(11-5)17-14-8-2)41-24-37-30(21-33)27(12-6)18-15-9-3/h25-27H,7-18,22-24H2,1-6H3. The Kier molecular flexibility index (Phi) is 24.9. The topological polar surface area (TPSA) is 96.0 Å². The van der Waals surface area contributed by atoms with Crippen LogP contribution in [-0.4, -0.2) is 35.6 Å². The highest BCUT2D eigenvalue weighted by atomic mass is 33.4. The molecule has 0 aromatic carbocycles. The molecule has 0 aromatic rings. The quantitative estimate of drug-likeness (QED) is 0.0370. The van der Waals surface area contributed by atoms with Crippen LogP contribution in [0.3, 0.4) is 0 Å². The second-order valence-electron chi connectivity index (χ2n) is 9.76. The Labute approximate surface area is 260 Å². The Hall–Kier alpha value is -0.970. The monoisotopic (exact) mass is 650 g/mol. The predicted octanol–water partition coefficient (Wildman–Crippen LogP) is 10.0. The maximum Gasteiger partial charge on any atom is 0.253 e. The largest absolute Gasteiger partial charge is 0.475 e. The highest BCUT2D eigenvalue weighted by Gasteiger charge is 2.29. The molecule has 0 aliphatic rings. The van der Waals surface area contributed by atoms with Crippen molar-refractivity contribution in [3.05, 3.63) is 17.3 Å². The van der Waals surface area contributed by atoms with Gasteiger partial charge in [-0.1, -0.05) is 80.1 Å². The zero-order chi connectivity index (χ0) is 30.9. The van der Waals surface area contributed by atoms with Gasteiger partial charge in [0.2, 0.25) is 0 Å². The van der Waals surface area contributed by atoms with Gasteiger partial charge in [-0.15, -0.1) is 0 Å². The predicted molar refractivity (Wildman–Crippen MR) is 176 cm³/mol. The zero-order valence-corrected chi connectivity index (χ0v) is 29.2. The number of hydrogen-bond acceptors (Lipinski definition) is 10. The summed E-state index contributed by atoms with van der Waals surface area (Å²) in [6.45, 7) is 12.3. The summed E-state index contributed by atoms with van der Waals surface area (Å²) in [6, 6.07) is 0. The zero-order valence-electron chi connectivity index (χ0n) is 25.9. The van der Waals surface area contributed by atoms with Gasteiger partial charge in [0.05, 0.1) is 0 Å². The van der Waals surface area contributed by atoms with Crippen LogP contribution in [0.2, 0.25) is 0 Å². The van der Waals surface area contributed by atoms with Crippen LogP contribution in [0, 0.1) is 17.8 Å². The van der Waals surface area contributed by atoms with E-state index in [1.165, 1.54) is 0 Å². The third kappa shape index (κ3) is 17.0. The van der Waals surface area contributed by atoms with Crippen LogP contribution >= 0.6 is 38.9 Å². The average Bonchev–Trinajstić information content (AvgIpc) is 2.99. The van der Waals surface area contributed by atoms with Gasteiger partial charge in [0.1, 0.15) is 17.8 Å². The molecular formula is C30H51O7PS3. The molecule has 7 nitrogen and oxygen atoms in total. The molecule has 0 saturated carbocycles. The third-order valence-electron chi connectivity index (χ3n) is 6.89. The van der Waals surface area contributed by atoms with Crippen molar-refractivity contribution in [2.75, 3.05) is 17.8 Å². The second-order valence-corrected chi connectivity index (χ2v) is 21.2. The summed E-state index contributed by atoms with van der Waals surface area (Å²) in [5, 5.41) is 0. The van der Waals surface area contributed by atoms with E-state index >= 15 is 0 Å². The summed E-state index contributed by atoms with van der Waals surface area (Å²) >= 11 is 3.23. The Balaban J connectivity index is 5.49. The Morgan fingerprint density at radius 3 is 1.02 bits per heavy atom. The van der Waals surface area contributed by atoms with Gasteiger partial charge in [0.15, 0.2) is 35.1 Å². The minimum Gasteiger partial charge on any atom is -0.475 e. The van der Waals surface area contributed by atoms with Crippen LogP contribution in [-0.2, 0) is 33.2 Å². The maximum absolute atomic E-state index is 14.0. The van der Waals surface area contributed by atoms with Crippen LogP contribution in [0.5, 0.6) is 0 Å². The van der Waals surface area contributed by atoms with Gasteiger partial charge in [-0.2, -0.15) is 0 Å². The van der Waals surface area contributed by atoms with Crippen molar-refractivity contribution >= 4 is 56.7 Å². The van der Waals surface area contributed by atoms with Gasteiger partial charge in [-0.05, 0) is 72.7 Å². The van der Waals surface area contributed by atoms with Gasteiger partial charge < -0.3 is 14.2 Å². The summed E-state index contributed by atoms with van der Waals surface area (Å²) in [4.78, 5) is 34.9. The lowest BCUT2D eigenvalue weighted by Crippen LogP contribution is -2.08. The molecule has 11 heteroatoms. The second kappa shape index (κ2) is 25.5. The van der Waals surface area contributed by atoms with Crippen molar-refractivity contribution in [2.45, 2.75) is 119 Å². The molecule has 0 fully saturated rings. The van der Waals surface area contributed by atoms with E-state index in [4.69, 9.17) is 14.2 Å². The van der Waals surface area contributed by atoms with Crippen LogP contribution < -0.4 is 0 Å². The van der Waals surface area contributed by atoms with Gasteiger partial charge in [0.25, 0.3) is 4.75 Å². The normalized spacial score (nSPS) is 14.4. The minimum absolute atomic E-state index is 0.000595. The molecule has 0 N–H and O–H groups in total. The molecule has 236 valence electrons. The van der Waals surface area contributed by atoms with Gasteiger partial charge in [-0.25, -0.2) is 14.4 Å². The molecular weight excluding hydrogens is 599 g/mol. The molecule has 41 heavy (non-hydrogen) atoms. The molecule has 0 aromatic heterocycles.